The fourth-order valence-electron chi connectivity index (χ4n) is 4.78. The van der Waals surface area contributed by atoms with Crippen molar-refractivity contribution in [1.82, 2.24) is 10.3 Å². The number of aromatic amines is 1. The summed E-state index contributed by atoms with van der Waals surface area (Å²) in [7, 11) is -3.11. The summed E-state index contributed by atoms with van der Waals surface area (Å²) in [6.07, 6.45) is 0.395. The minimum Gasteiger partial charge on any atom is -0.355 e. The molecule has 0 radical (unpaired) electrons. The summed E-state index contributed by atoms with van der Waals surface area (Å²) in [5.74, 6) is -0.717. The maximum Gasteiger partial charge on any atom is 0.224 e. The molecular formula is C27H26N2O3S. The van der Waals surface area contributed by atoms with Crippen LogP contribution in [0.5, 0.6) is 0 Å². The van der Waals surface area contributed by atoms with Crippen LogP contribution in [0.2, 0.25) is 0 Å². The predicted octanol–water partition coefficient (Wildman–Crippen LogP) is 4.52. The zero-order chi connectivity index (χ0) is 22.8. The van der Waals surface area contributed by atoms with Gasteiger partial charge < -0.3 is 10.3 Å². The Morgan fingerprint density at radius 2 is 1.61 bits per heavy atom. The van der Waals surface area contributed by atoms with Crippen molar-refractivity contribution >= 4 is 26.6 Å². The first kappa shape index (κ1) is 21.5. The number of carbonyl (C=O) groups excluding carboxylic acids is 1. The zero-order valence-electron chi connectivity index (χ0n) is 18.2. The first-order valence-corrected chi connectivity index (χ1v) is 13.0. The van der Waals surface area contributed by atoms with Crippen LogP contribution in [0.25, 0.3) is 22.2 Å². The highest BCUT2D eigenvalue weighted by Gasteiger charge is 2.33. The van der Waals surface area contributed by atoms with Crippen molar-refractivity contribution in [2.24, 2.45) is 5.92 Å². The molecule has 0 spiro atoms. The molecular weight excluding hydrogens is 432 g/mol. The van der Waals surface area contributed by atoms with Crippen LogP contribution >= 0.6 is 0 Å². The molecule has 3 aromatic carbocycles. The largest absolute Gasteiger partial charge is 0.355 e. The molecule has 0 aliphatic carbocycles. The van der Waals surface area contributed by atoms with Gasteiger partial charge in [-0.3, -0.25) is 4.79 Å². The zero-order valence-corrected chi connectivity index (χ0v) is 19.0. The Morgan fingerprint density at radius 1 is 0.939 bits per heavy atom. The van der Waals surface area contributed by atoms with Crippen LogP contribution in [-0.2, 0) is 14.6 Å². The molecule has 168 valence electrons. The number of fused-ring (bicyclic) bond motifs is 1. The normalized spacial score (nSPS) is 18.2. The molecule has 33 heavy (non-hydrogen) atoms. The molecule has 0 saturated carbocycles. The number of hydrogen-bond donors (Lipinski definition) is 2. The van der Waals surface area contributed by atoms with E-state index in [1.165, 1.54) is 0 Å². The second kappa shape index (κ2) is 8.87. The summed E-state index contributed by atoms with van der Waals surface area (Å²) < 4.78 is 23.7. The van der Waals surface area contributed by atoms with Crippen LogP contribution < -0.4 is 5.32 Å². The van der Waals surface area contributed by atoms with E-state index in [4.69, 9.17) is 0 Å². The molecule has 0 bridgehead atoms. The lowest BCUT2D eigenvalue weighted by Gasteiger charge is -2.21. The van der Waals surface area contributed by atoms with Gasteiger partial charge in [-0.25, -0.2) is 8.42 Å². The predicted molar refractivity (Wildman–Crippen MR) is 132 cm³/mol. The molecule has 1 aliphatic heterocycles. The van der Waals surface area contributed by atoms with Crippen molar-refractivity contribution in [2.45, 2.75) is 12.3 Å². The van der Waals surface area contributed by atoms with Gasteiger partial charge in [0.15, 0.2) is 9.84 Å². The first-order valence-electron chi connectivity index (χ1n) is 11.2. The smallest absolute Gasteiger partial charge is 0.224 e. The van der Waals surface area contributed by atoms with Crippen molar-refractivity contribution < 1.29 is 13.2 Å². The van der Waals surface area contributed by atoms with E-state index in [0.717, 1.165) is 33.3 Å². The summed E-state index contributed by atoms with van der Waals surface area (Å²) >= 11 is 0. The van der Waals surface area contributed by atoms with Gasteiger partial charge in [0.2, 0.25) is 5.91 Å². The lowest BCUT2D eigenvalue weighted by Crippen LogP contribution is -2.34. The Kier molecular flexibility index (Phi) is 5.77. The van der Waals surface area contributed by atoms with Crippen molar-refractivity contribution in [3.63, 3.8) is 0 Å². The molecule has 1 saturated heterocycles. The monoisotopic (exact) mass is 458 g/mol. The average Bonchev–Trinajstić information content (AvgIpc) is 3.41. The van der Waals surface area contributed by atoms with Gasteiger partial charge in [-0.1, -0.05) is 78.9 Å². The number of carbonyl (C=O) groups is 1. The Bertz CT molecular complexity index is 1380. The Morgan fingerprint density at radius 3 is 2.30 bits per heavy atom. The summed E-state index contributed by atoms with van der Waals surface area (Å²) in [4.78, 5) is 16.5. The van der Waals surface area contributed by atoms with E-state index in [2.05, 4.69) is 46.7 Å². The molecule has 2 N–H and O–H groups in total. The number of amides is 1. The molecule has 1 aromatic heterocycles. The van der Waals surface area contributed by atoms with Crippen LogP contribution in [-0.4, -0.2) is 37.4 Å². The third kappa shape index (κ3) is 4.44. The summed E-state index contributed by atoms with van der Waals surface area (Å²) in [5.41, 5.74) is 5.38. The third-order valence-electron chi connectivity index (χ3n) is 6.44. The fourth-order valence-corrected chi connectivity index (χ4v) is 6.52. The van der Waals surface area contributed by atoms with Gasteiger partial charge in [0.1, 0.15) is 0 Å². The Labute approximate surface area is 193 Å². The van der Waals surface area contributed by atoms with Gasteiger partial charge in [-0.05, 0) is 29.2 Å². The van der Waals surface area contributed by atoms with E-state index in [0.29, 0.717) is 13.0 Å². The molecule has 5 nitrogen and oxygen atoms in total. The maximum absolute atomic E-state index is 12.9. The van der Waals surface area contributed by atoms with Gasteiger partial charge >= 0.3 is 0 Å². The Balaban J connectivity index is 1.56. The maximum atomic E-state index is 12.9. The molecule has 2 heterocycles. The van der Waals surface area contributed by atoms with E-state index < -0.39 is 15.8 Å². The molecule has 2 atom stereocenters. The van der Waals surface area contributed by atoms with Gasteiger partial charge in [0.25, 0.3) is 0 Å². The standard InChI is InChI=1S/C27H26N2O3S/c30-27(21-15-16-33(31,32)18-21)28-17-23(19-9-3-1-4-10-19)25-22-13-7-8-14-24(22)29-26(25)20-11-5-2-6-12-20/h1-14,21,23,29H,15-18H2,(H,28,30)/t21-,23+/m1/s1. The number of benzene rings is 3. The second-order valence-corrected chi connectivity index (χ2v) is 10.9. The van der Waals surface area contributed by atoms with Crippen molar-refractivity contribution in [3.05, 3.63) is 96.1 Å². The molecule has 1 aliphatic rings. The lowest BCUT2D eigenvalue weighted by atomic mass is 9.87. The van der Waals surface area contributed by atoms with E-state index in [-0.39, 0.29) is 23.3 Å². The highest BCUT2D eigenvalue weighted by Crippen LogP contribution is 2.38. The van der Waals surface area contributed by atoms with Crippen LogP contribution in [0.1, 0.15) is 23.5 Å². The van der Waals surface area contributed by atoms with E-state index in [1.54, 1.807) is 0 Å². The second-order valence-electron chi connectivity index (χ2n) is 8.63. The number of aromatic nitrogens is 1. The van der Waals surface area contributed by atoms with Crippen LogP contribution in [0.15, 0.2) is 84.9 Å². The van der Waals surface area contributed by atoms with Crippen LogP contribution in [0.4, 0.5) is 0 Å². The molecule has 1 fully saturated rings. The van der Waals surface area contributed by atoms with E-state index in [9.17, 15) is 13.2 Å². The number of sulfone groups is 1. The van der Waals surface area contributed by atoms with Gasteiger partial charge in [-0.15, -0.1) is 0 Å². The van der Waals surface area contributed by atoms with Crippen LogP contribution in [0, 0.1) is 5.92 Å². The van der Waals surface area contributed by atoms with E-state index in [1.807, 2.05) is 48.5 Å². The topological polar surface area (TPSA) is 79.0 Å². The number of rotatable bonds is 6. The quantitative estimate of drug-likeness (QED) is 0.446. The van der Waals surface area contributed by atoms with Gasteiger partial charge in [0.05, 0.1) is 23.1 Å². The molecule has 1 amide bonds. The van der Waals surface area contributed by atoms with Crippen LogP contribution in [0.3, 0.4) is 0 Å². The van der Waals surface area contributed by atoms with E-state index >= 15 is 0 Å². The van der Waals surface area contributed by atoms with Gasteiger partial charge in [-0.2, -0.15) is 0 Å². The molecule has 0 unspecified atom stereocenters. The first-order chi connectivity index (χ1) is 16.0. The summed E-state index contributed by atoms with van der Waals surface area (Å²) in [5, 5.41) is 4.19. The van der Waals surface area contributed by atoms with Crippen molar-refractivity contribution in [1.29, 1.82) is 0 Å². The lowest BCUT2D eigenvalue weighted by molar-refractivity contribution is -0.124. The highest BCUT2D eigenvalue weighted by atomic mass is 32.2. The molecule has 6 heteroatoms. The number of H-pyrrole nitrogens is 1. The summed E-state index contributed by atoms with van der Waals surface area (Å²) in [6, 6.07) is 28.5. The minimum absolute atomic E-state index is 0.0583. The number of hydrogen-bond acceptors (Lipinski definition) is 3. The van der Waals surface area contributed by atoms with Crippen molar-refractivity contribution in [3.8, 4) is 11.3 Å². The minimum atomic E-state index is -3.11. The molecule has 4 aromatic rings. The summed E-state index contributed by atoms with van der Waals surface area (Å²) in [6.45, 7) is 0.390. The average molecular weight is 459 g/mol. The third-order valence-corrected chi connectivity index (χ3v) is 8.21. The Hall–Kier alpha value is -3.38. The van der Waals surface area contributed by atoms with Crippen molar-refractivity contribution in [2.75, 3.05) is 18.1 Å². The number of nitrogens with one attached hydrogen (secondary N) is 2. The number of para-hydroxylation sites is 1. The SMILES string of the molecule is O=C(NC[C@@H](c1ccccc1)c1c(-c2ccccc2)[nH]c2ccccc12)[C@@H]1CCS(=O)(=O)C1. The fraction of sp³-hybridized carbons (Fsp3) is 0.222. The highest BCUT2D eigenvalue weighted by molar-refractivity contribution is 7.91. The molecule has 5 rings (SSSR count). The van der Waals surface area contributed by atoms with Gasteiger partial charge in [0, 0.05) is 23.4 Å².